The molecule has 5 heterocycles. The Bertz CT molecular complexity index is 2740. The van der Waals surface area contributed by atoms with Crippen molar-refractivity contribution in [3.63, 3.8) is 0 Å². The molecule has 8 heteroatoms. The first kappa shape index (κ1) is 23.9. The zero-order valence-electron chi connectivity index (χ0n) is 24.1. The van der Waals surface area contributed by atoms with Gasteiger partial charge in [0.15, 0.2) is 23.3 Å². The number of hydrogen-bond donors (Lipinski definition) is 2. The van der Waals surface area contributed by atoms with Gasteiger partial charge in [0.25, 0.3) is 0 Å². The van der Waals surface area contributed by atoms with Crippen molar-refractivity contribution >= 4 is 65.7 Å². The molecular weight excluding hydrogens is 568 g/mol. The van der Waals surface area contributed by atoms with Crippen molar-refractivity contribution < 1.29 is 0 Å². The Hall–Kier alpha value is -6.54. The molecule has 10 aromatic rings. The summed E-state index contributed by atoms with van der Waals surface area (Å²) in [5, 5.41) is 8.53. The smallest absolute Gasteiger partial charge is 0.164 e. The van der Waals surface area contributed by atoms with Crippen LogP contribution in [0.3, 0.4) is 0 Å². The molecule has 0 fully saturated rings. The van der Waals surface area contributed by atoms with Gasteiger partial charge < -0.3 is 9.97 Å². The van der Waals surface area contributed by atoms with Gasteiger partial charge in [-0.15, -0.1) is 0 Å². The second-order valence-electron chi connectivity index (χ2n) is 11.7. The van der Waals surface area contributed by atoms with E-state index in [2.05, 4.69) is 46.4 Å². The Morgan fingerprint density at radius 2 is 0.609 bits per heavy atom. The van der Waals surface area contributed by atoms with Crippen LogP contribution in [0.4, 0.5) is 0 Å². The molecule has 10 bridgehead atoms. The Morgan fingerprint density at radius 1 is 0.283 bits per heavy atom. The van der Waals surface area contributed by atoms with Gasteiger partial charge in [-0.3, -0.25) is 0 Å². The summed E-state index contributed by atoms with van der Waals surface area (Å²) in [6, 6.07) is 37.2. The first-order valence-corrected chi connectivity index (χ1v) is 15.2. The minimum atomic E-state index is 0.596. The van der Waals surface area contributed by atoms with Crippen LogP contribution < -0.4 is 0 Å². The van der Waals surface area contributed by atoms with Crippen LogP contribution in [0, 0.1) is 0 Å². The highest BCUT2D eigenvalue weighted by Gasteiger charge is 2.23. The second kappa shape index (κ2) is 8.55. The molecule has 0 radical (unpaired) electrons. The summed E-state index contributed by atoms with van der Waals surface area (Å²) >= 11 is 0. The van der Waals surface area contributed by atoms with Crippen LogP contribution in [0.5, 0.6) is 0 Å². The number of rotatable bonds is 0. The SMILES string of the molecule is c1ccc2c(c1)-c1nc-2nc2[nH]c(nc3nc(nc4[nH]c(n1)c1ccccc41)-c1ccccc1-3)c1c3ccc(c4ccccc43)c21. The molecule has 8 nitrogen and oxygen atoms in total. The predicted octanol–water partition coefficient (Wildman–Crippen LogP) is 8.61. The molecule has 0 saturated heterocycles. The highest BCUT2D eigenvalue weighted by Crippen LogP contribution is 2.42. The van der Waals surface area contributed by atoms with E-state index in [9.17, 15) is 0 Å². The quantitative estimate of drug-likeness (QED) is 0.184. The maximum absolute atomic E-state index is 5.22. The summed E-state index contributed by atoms with van der Waals surface area (Å²) in [6.45, 7) is 0. The summed E-state index contributed by atoms with van der Waals surface area (Å²) in [7, 11) is 0. The molecule has 0 aliphatic carbocycles. The van der Waals surface area contributed by atoms with Gasteiger partial charge in [-0.05, 0) is 21.5 Å². The molecule has 2 aliphatic rings. The van der Waals surface area contributed by atoms with Gasteiger partial charge in [0.05, 0.1) is 0 Å². The third-order valence-electron chi connectivity index (χ3n) is 9.21. The van der Waals surface area contributed by atoms with Crippen molar-refractivity contribution in [3.05, 3.63) is 109 Å². The fourth-order valence-electron chi connectivity index (χ4n) is 7.17. The Balaban J connectivity index is 1.39. The maximum atomic E-state index is 5.22. The lowest BCUT2D eigenvalue weighted by Gasteiger charge is -2.09. The van der Waals surface area contributed by atoms with Crippen LogP contribution in [-0.4, -0.2) is 39.9 Å². The van der Waals surface area contributed by atoms with Crippen LogP contribution >= 0.6 is 0 Å². The lowest BCUT2D eigenvalue weighted by atomic mass is 9.94. The van der Waals surface area contributed by atoms with Crippen LogP contribution in [0.25, 0.3) is 111 Å². The van der Waals surface area contributed by atoms with Crippen molar-refractivity contribution in [2.75, 3.05) is 0 Å². The molecule has 2 aliphatic heterocycles. The highest BCUT2D eigenvalue weighted by atomic mass is 15.1. The molecule has 212 valence electrons. The Morgan fingerprint density at radius 3 is 1.02 bits per heavy atom. The van der Waals surface area contributed by atoms with Crippen LogP contribution in [0.1, 0.15) is 0 Å². The van der Waals surface area contributed by atoms with Crippen molar-refractivity contribution in [1.29, 1.82) is 0 Å². The first-order chi connectivity index (χ1) is 22.8. The van der Waals surface area contributed by atoms with Crippen molar-refractivity contribution in [2.45, 2.75) is 0 Å². The van der Waals surface area contributed by atoms with E-state index >= 15 is 0 Å². The zero-order chi connectivity index (χ0) is 29.9. The largest absolute Gasteiger partial charge is 0.324 e. The lowest BCUT2D eigenvalue weighted by molar-refractivity contribution is 1.19. The molecule has 0 amide bonds. The molecule has 0 unspecified atom stereocenters. The van der Waals surface area contributed by atoms with Crippen molar-refractivity contribution in [1.82, 2.24) is 39.9 Å². The van der Waals surface area contributed by atoms with Gasteiger partial charge in [0.2, 0.25) is 0 Å². The summed E-state index contributed by atoms with van der Waals surface area (Å²) in [5.74, 6) is 2.39. The number of hydrogen-bond acceptors (Lipinski definition) is 6. The number of aromatic nitrogens is 8. The minimum absolute atomic E-state index is 0.596. The van der Waals surface area contributed by atoms with E-state index in [1.165, 1.54) is 10.8 Å². The first-order valence-electron chi connectivity index (χ1n) is 15.2. The summed E-state index contributed by atoms with van der Waals surface area (Å²) in [4.78, 5) is 37.8. The molecular formula is C38H20N8. The fourth-order valence-corrected chi connectivity index (χ4v) is 7.17. The van der Waals surface area contributed by atoms with Crippen molar-refractivity contribution in [2.24, 2.45) is 0 Å². The second-order valence-corrected chi connectivity index (χ2v) is 11.7. The van der Waals surface area contributed by atoms with Gasteiger partial charge in [-0.2, -0.15) is 0 Å². The number of fused-ring (bicyclic) bond motifs is 18. The zero-order valence-corrected chi connectivity index (χ0v) is 24.1. The van der Waals surface area contributed by atoms with E-state index < -0.39 is 0 Å². The molecule has 7 aromatic carbocycles. The maximum Gasteiger partial charge on any atom is 0.164 e. The lowest BCUT2D eigenvalue weighted by Crippen LogP contribution is -1.85. The van der Waals surface area contributed by atoms with Gasteiger partial charge in [0, 0.05) is 43.8 Å². The van der Waals surface area contributed by atoms with E-state index in [1.807, 2.05) is 72.8 Å². The molecule has 0 atom stereocenters. The standard InChI is InChI=1S/C38H20N8/c1-2-10-20-19(9-1)21-17-18-22(20)30-29(21)37-44-35-27-15-7-5-13-25(27)33(42-35)40-31-23-11-3-4-12-24(23)32(39-31)41-34-26-14-6-8-16-28(26)36(43-34)45-38(30)46-37/h1-18H,(H2,39,40,41,42,43,44,45,46). The number of benzene rings is 7. The van der Waals surface area contributed by atoms with E-state index in [1.54, 1.807) is 0 Å². The molecule has 2 N–H and O–H groups in total. The van der Waals surface area contributed by atoms with Crippen LogP contribution in [-0.2, 0) is 0 Å². The summed E-state index contributed by atoms with van der Waals surface area (Å²) in [6.07, 6.45) is 0. The van der Waals surface area contributed by atoms with Crippen molar-refractivity contribution in [3.8, 4) is 45.6 Å². The monoisotopic (exact) mass is 588 g/mol. The highest BCUT2D eigenvalue weighted by molar-refractivity contribution is 6.33. The topological polar surface area (TPSA) is 109 Å². The van der Waals surface area contributed by atoms with Gasteiger partial charge in [0.1, 0.15) is 22.6 Å². The Labute approximate surface area is 259 Å². The fraction of sp³-hybridized carbons (Fsp3) is 0. The van der Waals surface area contributed by atoms with Gasteiger partial charge in [-0.25, -0.2) is 29.9 Å². The molecule has 46 heavy (non-hydrogen) atoms. The number of nitrogens with one attached hydrogen (secondary N) is 2. The minimum Gasteiger partial charge on any atom is -0.324 e. The van der Waals surface area contributed by atoms with Crippen LogP contribution in [0.2, 0.25) is 0 Å². The summed E-state index contributed by atoms with van der Waals surface area (Å²) in [5.41, 5.74) is 6.48. The van der Waals surface area contributed by atoms with Crippen LogP contribution in [0.15, 0.2) is 109 Å². The number of aromatic amines is 2. The molecule has 3 aromatic heterocycles. The average Bonchev–Trinajstić information content (AvgIpc) is 3.85. The molecule has 0 saturated carbocycles. The average molecular weight is 589 g/mol. The third kappa shape index (κ3) is 3.11. The normalized spacial score (nSPS) is 12.3. The van der Waals surface area contributed by atoms with Gasteiger partial charge >= 0.3 is 0 Å². The van der Waals surface area contributed by atoms with Gasteiger partial charge in [-0.1, -0.05) is 109 Å². The predicted molar refractivity (Wildman–Crippen MR) is 182 cm³/mol. The Kier molecular flexibility index (Phi) is 4.43. The van der Waals surface area contributed by atoms with E-state index in [4.69, 9.17) is 29.9 Å². The summed E-state index contributed by atoms with van der Waals surface area (Å²) < 4.78 is 0. The molecule has 0 spiro atoms. The number of H-pyrrole nitrogens is 2. The molecule has 12 rings (SSSR count). The van der Waals surface area contributed by atoms with E-state index in [0.717, 1.165) is 54.6 Å². The number of nitrogens with zero attached hydrogens (tertiary/aromatic N) is 6. The van der Waals surface area contributed by atoms with E-state index in [-0.39, 0.29) is 0 Å². The third-order valence-corrected chi connectivity index (χ3v) is 9.21. The van der Waals surface area contributed by atoms with E-state index in [0.29, 0.717) is 45.9 Å².